The van der Waals surface area contributed by atoms with Crippen LogP contribution >= 0.6 is 0 Å². The van der Waals surface area contributed by atoms with Crippen LogP contribution in [0.15, 0.2) is 23.8 Å². The van der Waals surface area contributed by atoms with Crippen LogP contribution in [0, 0.1) is 40.4 Å². The molecule has 8 atom stereocenters. The van der Waals surface area contributed by atoms with Gasteiger partial charge in [0.2, 0.25) is 0 Å². The van der Waals surface area contributed by atoms with E-state index in [0.29, 0.717) is 24.2 Å². The largest absolute Gasteiger partial charge is 0.393 e. The molecule has 6 unspecified atom stereocenters. The molecule has 0 aromatic rings. The minimum Gasteiger partial charge on any atom is -0.393 e. The number of fused-ring (bicyclic) bond motifs is 5. The fourth-order valence-corrected chi connectivity index (χ4v) is 7.56. The monoisotopic (exact) mass is 342 g/mol. The van der Waals surface area contributed by atoms with Crippen molar-refractivity contribution < 1.29 is 14.7 Å². The summed E-state index contributed by atoms with van der Waals surface area (Å²) in [7, 11) is 0. The van der Waals surface area contributed by atoms with Gasteiger partial charge in [0.15, 0.2) is 5.78 Å². The molecule has 0 amide bonds. The van der Waals surface area contributed by atoms with Gasteiger partial charge in [-0.25, -0.2) is 0 Å². The Labute approximate surface area is 150 Å². The van der Waals surface area contributed by atoms with Crippen LogP contribution in [0.1, 0.15) is 53.4 Å². The number of hydrogen-bond acceptors (Lipinski definition) is 3. The first-order chi connectivity index (χ1) is 11.7. The van der Waals surface area contributed by atoms with Gasteiger partial charge in [-0.05, 0) is 67.9 Å². The molecule has 0 bridgehead atoms. The molecule has 3 nitrogen and oxygen atoms in total. The first kappa shape index (κ1) is 17.2. The number of hydrogen-bond donors (Lipinski definition) is 1. The summed E-state index contributed by atoms with van der Waals surface area (Å²) < 4.78 is 0. The van der Waals surface area contributed by atoms with E-state index in [4.69, 9.17) is 0 Å². The van der Waals surface area contributed by atoms with Crippen molar-refractivity contribution in [3.05, 3.63) is 23.8 Å². The normalized spacial score (nSPS) is 51.4. The summed E-state index contributed by atoms with van der Waals surface area (Å²) in [5, 5.41) is 11.2. The molecule has 3 saturated carbocycles. The standard InChI is InChI=1S/C22H30O3/c1-12-9-17-16-6-5-14-10-15(24)7-8-21(14,3)20(16)18(25)11-22(17,4)19(12)13(2)23/h7-8,10,12,16-20,25H,5-6,9,11H2,1-4H3/t12-,16?,17?,18+,19?,20?,21?,22?/m1/s1. The van der Waals surface area contributed by atoms with Crippen molar-refractivity contribution in [2.24, 2.45) is 40.4 Å². The molecule has 0 spiro atoms. The molecule has 0 aliphatic heterocycles. The molecule has 4 aliphatic rings. The van der Waals surface area contributed by atoms with Crippen LogP contribution in [0.2, 0.25) is 0 Å². The van der Waals surface area contributed by atoms with Crippen molar-refractivity contribution in [2.75, 3.05) is 0 Å². The number of carbonyl (C=O) groups excluding carboxylic acids is 2. The number of rotatable bonds is 1. The second-order valence-corrected chi connectivity index (χ2v) is 9.60. The topological polar surface area (TPSA) is 54.4 Å². The van der Waals surface area contributed by atoms with E-state index in [1.807, 2.05) is 6.08 Å². The van der Waals surface area contributed by atoms with Crippen molar-refractivity contribution in [1.29, 1.82) is 0 Å². The summed E-state index contributed by atoms with van der Waals surface area (Å²) in [5.74, 6) is 1.91. The highest BCUT2D eigenvalue weighted by Gasteiger charge is 2.63. The van der Waals surface area contributed by atoms with E-state index in [0.717, 1.165) is 19.3 Å². The first-order valence-corrected chi connectivity index (χ1v) is 9.81. The average Bonchev–Trinajstić information content (AvgIpc) is 2.77. The zero-order valence-corrected chi connectivity index (χ0v) is 15.8. The number of allylic oxidation sites excluding steroid dienone is 4. The maximum absolute atomic E-state index is 12.4. The SMILES string of the molecule is CC(=O)C1[C@H](C)CC2C3CCC4=CC(=O)C=CC4(C)C3[C@@H](O)CC21C. The predicted molar refractivity (Wildman–Crippen MR) is 96.7 cm³/mol. The van der Waals surface area contributed by atoms with E-state index >= 15 is 0 Å². The van der Waals surface area contributed by atoms with Crippen molar-refractivity contribution >= 4 is 11.6 Å². The maximum atomic E-state index is 12.4. The minimum absolute atomic E-state index is 0.0707. The minimum atomic E-state index is -0.412. The molecule has 0 saturated heterocycles. The fourth-order valence-electron chi connectivity index (χ4n) is 7.56. The summed E-state index contributed by atoms with van der Waals surface area (Å²) in [4.78, 5) is 24.2. The Morgan fingerprint density at radius 3 is 2.72 bits per heavy atom. The zero-order valence-electron chi connectivity index (χ0n) is 15.8. The molecular weight excluding hydrogens is 312 g/mol. The highest BCUT2D eigenvalue weighted by molar-refractivity contribution is 6.01. The third-order valence-corrected chi connectivity index (χ3v) is 8.27. The molecule has 3 heteroatoms. The van der Waals surface area contributed by atoms with E-state index in [9.17, 15) is 14.7 Å². The van der Waals surface area contributed by atoms with Crippen LogP contribution in [0.4, 0.5) is 0 Å². The van der Waals surface area contributed by atoms with E-state index in [-0.39, 0.29) is 34.2 Å². The zero-order chi connectivity index (χ0) is 18.1. The van der Waals surface area contributed by atoms with Crippen LogP contribution in [-0.4, -0.2) is 22.8 Å². The van der Waals surface area contributed by atoms with Crippen molar-refractivity contribution in [1.82, 2.24) is 0 Å². The molecule has 136 valence electrons. The average molecular weight is 342 g/mol. The first-order valence-electron chi connectivity index (χ1n) is 9.81. The Morgan fingerprint density at radius 2 is 2.04 bits per heavy atom. The van der Waals surface area contributed by atoms with Crippen LogP contribution in [0.5, 0.6) is 0 Å². The highest BCUT2D eigenvalue weighted by atomic mass is 16.3. The molecule has 0 aromatic carbocycles. The van der Waals surface area contributed by atoms with E-state index in [2.05, 4.69) is 20.8 Å². The van der Waals surface area contributed by atoms with Gasteiger partial charge in [0.1, 0.15) is 5.78 Å². The molecule has 0 heterocycles. The van der Waals surface area contributed by atoms with Crippen molar-refractivity contribution in [2.45, 2.75) is 59.5 Å². The van der Waals surface area contributed by atoms with E-state index < -0.39 is 6.10 Å². The van der Waals surface area contributed by atoms with Crippen molar-refractivity contribution in [3.8, 4) is 0 Å². The van der Waals surface area contributed by atoms with Gasteiger partial charge in [-0.1, -0.05) is 32.4 Å². The van der Waals surface area contributed by atoms with Crippen molar-refractivity contribution in [3.63, 3.8) is 0 Å². The lowest BCUT2D eigenvalue weighted by Gasteiger charge is -2.58. The molecule has 4 rings (SSSR count). The fraction of sp³-hybridized carbons (Fsp3) is 0.727. The quantitative estimate of drug-likeness (QED) is 0.790. The number of carbonyl (C=O) groups is 2. The lowest BCUT2D eigenvalue weighted by Crippen LogP contribution is -2.56. The number of aliphatic hydroxyl groups is 1. The van der Waals surface area contributed by atoms with Gasteiger partial charge in [-0.2, -0.15) is 0 Å². The molecular formula is C22H30O3. The maximum Gasteiger partial charge on any atom is 0.178 e. The van der Waals surface area contributed by atoms with Crippen LogP contribution in [-0.2, 0) is 9.59 Å². The summed E-state index contributed by atoms with van der Waals surface area (Å²) in [6.07, 6.45) is 8.88. The summed E-state index contributed by atoms with van der Waals surface area (Å²) in [6.45, 7) is 8.39. The number of ketones is 2. The van der Waals surface area contributed by atoms with E-state index in [1.54, 1.807) is 19.1 Å². The molecule has 0 aromatic heterocycles. The van der Waals surface area contributed by atoms with Gasteiger partial charge < -0.3 is 5.11 Å². The highest BCUT2D eigenvalue weighted by Crippen LogP contribution is 2.67. The lowest BCUT2D eigenvalue weighted by atomic mass is 9.46. The second-order valence-electron chi connectivity index (χ2n) is 9.60. The Balaban J connectivity index is 1.76. The van der Waals surface area contributed by atoms with Crippen LogP contribution < -0.4 is 0 Å². The summed E-state index contributed by atoms with van der Waals surface area (Å²) >= 11 is 0. The Kier molecular flexibility index (Phi) is 3.71. The predicted octanol–water partition coefficient (Wildman–Crippen LogP) is 3.72. The van der Waals surface area contributed by atoms with Gasteiger partial charge in [0.05, 0.1) is 6.10 Å². The molecule has 25 heavy (non-hydrogen) atoms. The smallest absolute Gasteiger partial charge is 0.178 e. The van der Waals surface area contributed by atoms with Crippen LogP contribution in [0.3, 0.4) is 0 Å². The molecule has 4 aliphatic carbocycles. The Bertz CT molecular complexity index is 689. The third kappa shape index (κ3) is 2.21. The second kappa shape index (κ2) is 5.39. The molecule has 1 N–H and O–H groups in total. The van der Waals surface area contributed by atoms with Crippen LogP contribution in [0.25, 0.3) is 0 Å². The van der Waals surface area contributed by atoms with Gasteiger partial charge in [0, 0.05) is 17.3 Å². The molecule has 3 fully saturated rings. The van der Waals surface area contributed by atoms with Gasteiger partial charge in [0.25, 0.3) is 0 Å². The summed E-state index contributed by atoms with van der Waals surface area (Å²) in [6, 6.07) is 0. The Hall–Kier alpha value is -1.22. The van der Waals surface area contributed by atoms with Gasteiger partial charge >= 0.3 is 0 Å². The number of aliphatic hydroxyl groups excluding tert-OH is 1. The van der Waals surface area contributed by atoms with E-state index in [1.165, 1.54) is 5.57 Å². The van der Waals surface area contributed by atoms with Gasteiger partial charge in [-0.15, -0.1) is 0 Å². The van der Waals surface area contributed by atoms with Gasteiger partial charge in [-0.3, -0.25) is 9.59 Å². The summed E-state index contributed by atoms with van der Waals surface area (Å²) in [5.41, 5.74) is 0.894. The molecule has 0 radical (unpaired) electrons. The lowest BCUT2D eigenvalue weighted by molar-refractivity contribution is -0.138. The Morgan fingerprint density at radius 1 is 1.32 bits per heavy atom. The third-order valence-electron chi connectivity index (χ3n) is 8.27. The number of Topliss-reactive ketones (excluding diaryl/α,β-unsaturated/α-hetero) is 1.